The Kier molecular flexibility index (Phi) is 24.4. The normalized spacial score (nSPS) is 20.5. The van der Waals surface area contributed by atoms with Gasteiger partial charge in [0.15, 0.2) is 0 Å². The van der Waals surface area contributed by atoms with Crippen LogP contribution in [0.15, 0.2) is 12.5 Å². The summed E-state index contributed by atoms with van der Waals surface area (Å²) >= 11 is 1.51. The van der Waals surface area contributed by atoms with Crippen molar-refractivity contribution in [2.75, 3.05) is 44.9 Å². The molecule has 13 N–H and O–H groups in total. The van der Waals surface area contributed by atoms with Crippen LogP contribution < -0.4 is 37.6 Å². The average molecular weight is 1090 g/mol. The van der Waals surface area contributed by atoms with Crippen molar-refractivity contribution in [2.45, 2.75) is 159 Å². The molecule has 4 heterocycles. The number of imidazole rings is 1. The van der Waals surface area contributed by atoms with Crippen molar-refractivity contribution in [3.8, 4) is 0 Å². The number of carboxylic acids is 2. The van der Waals surface area contributed by atoms with Crippen LogP contribution in [0.5, 0.6) is 0 Å². The van der Waals surface area contributed by atoms with E-state index in [2.05, 4.69) is 41.9 Å². The third-order valence-electron chi connectivity index (χ3n) is 13.8. The summed E-state index contributed by atoms with van der Waals surface area (Å²) in [7, 11) is 0. The monoisotopic (exact) mass is 1090 g/mol. The maximum absolute atomic E-state index is 14.5. The van der Waals surface area contributed by atoms with E-state index in [0.717, 1.165) is 4.90 Å². The number of hydrogen-bond acceptors (Lipinski definition) is 16. The second-order valence-corrected chi connectivity index (χ2v) is 20.8. The van der Waals surface area contributed by atoms with Crippen molar-refractivity contribution >= 4 is 76.9 Å². The predicted octanol–water partition coefficient (Wildman–Crippen LogP) is -3.45. The number of thioether (sulfide) groups is 1. The van der Waals surface area contributed by atoms with Crippen molar-refractivity contribution in [3.63, 3.8) is 0 Å². The van der Waals surface area contributed by atoms with Gasteiger partial charge in [-0.3, -0.25) is 47.9 Å². The number of aromatic nitrogens is 2. The molecule has 0 unspecified atom stereocenters. The van der Waals surface area contributed by atoms with Crippen LogP contribution in [0.4, 0.5) is 0 Å². The van der Waals surface area contributed by atoms with Gasteiger partial charge in [-0.2, -0.15) is 11.8 Å². The molecule has 3 saturated heterocycles. The van der Waals surface area contributed by atoms with E-state index in [1.807, 2.05) is 6.26 Å². The highest BCUT2D eigenvalue weighted by atomic mass is 32.2. The third-order valence-corrected chi connectivity index (χ3v) is 14.4. The van der Waals surface area contributed by atoms with E-state index in [0.29, 0.717) is 43.6 Å². The Morgan fingerprint density at radius 3 is 1.64 bits per heavy atom. The van der Waals surface area contributed by atoms with E-state index in [1.165, 1.54) is 27.9 Å². The van der Waals surface area contributed by atoms with Crippen LogP contribution in [0, 0.1) is 11.8 Å². The molecule has 0 aromatic carbocycles. The Morgan fingerprint density at radius 1 is 0.684 bits per heavy atom. The van der Waals surface area contributed by atoms with Gasteiger partial charge in [-0.1, -0.05) is 34.1 Å². The lowest BCUT2D eigenvalue weighted by Crippen LogP contribution is -2.61. The summed E-state index contributed by atoms with van der Waals surface area (Å²) in [4.78, 5) is 158. The van der Waals surface area contributed by atoms with Gasteiger partial charge in [0, 0.05) is 32.3 Å². The second-order valence-electron chi connectivity index (χ2n) is 19.8. The van der Waals surface area contributed by atoms with Gasteiger partial charge >= 0.3 is 11.9 Å². The van der Waals surface area contributed by atoms with Crippen LogP contribution in [-0.2, 0) is 59.2 Å². The van der Waals surface area contributed by atoms with Gasteiger partial charge in [-0.25, -0.2) is 9.78 Å². The zero-order valence-corrected chi connectivity index (χ0v) is 44.5. The zero-order chi connectivity index (χ0) is 56.4. The fourth-order valence-corrected chi connectivity index (χ4v) is 9.91. The van der Waals surface area contributed by atoms with Crippen molar-refractivity contribution in [2.24, 2.45) is 17.6 Å². The lowest BCUT2D eigenvalue weighted by Gasteiger charge is -2.34. The number of nitrogens with one attached hydrogen (secondary N) is 7. The van der Waals surface area contributed by atoms with Crippen molar-refractivity contribution in [1.29, 1.82) is 0 Å². The van der Waals surface area contributed by atoms with E-state index < -0.39 is 151 Å². The lowest BCUT2D eigenvalue weighted by atomic mass is 9.96. The van der Waals surface area contributed by atoms with Crippen LogP contribution in [0.1, 0.15) is 97.6 Å². The summed E-state index contributed by atoms with van der Waals surface area (Å²) in [6, 6.07) is -13.3. The fraction of sp³-hybridized carbons (Fsp3) is 0.708. The van der Waals surface area contributed by atoms with Crippen molar-refractivity contribution < 1.29 is 73.2 Å². The van der Waals surface area contributed by atoms with Gasteiger partial charge in [0.1, 0.15) is 54.4 Å². The fourth-order valence-electron chi connectivity index (χ4n) is 9.42. The van der Waals surface area contributed by atoms with Crippen LogP contribution in [0.2, 0.25) is 0 Å². The Bertz CT molecular complexity index is 2220. The van der Waals surface area contributed by atoms with Crippen LogP contribution >= 0.6 is 11.8 Å². The van der Waals surface area contributed by atoms with Gasteiger partial charge in [0.05, 0.1) is 37.7 Å². The smallest absolute Gasteiger partial charge is 0.326 e. The number of nitrogens with zero attached hydrogens (tertiary/aromatic N) is 4. The quantitative estimate of drug-likeness (QED) is 0.0371. The molecule has 27 nitrogen and oxygen atoms in total. The molecule has 0 bridgehead atoms. The third kappa shape index (κ3) is 17.1. The molecule has 3 fully saturated rings. The summed E-state index contributed by atoms with van der Waals surface area (Å²) in [5.41, 5.74) is 6.60. The maximum Gasteiger partial charge on any atom is 0.326 e. The molecule has 424 valence electrons. The summed E-state index contributed by atoms with van der Waals surface area (Å²) in [5, 5.41) is 54.5. The standard InChI is InChI=1S/C48H76N12O15S/c1-6-26(4)38(57-44(70)36-12-8-14-58(36)45(71)30(19-27-21-50-24-51-27)53-39(65)28(49)13-17-76-5)47(73)60-16-9-11-35(60)42(68)52-29(20-37(63)64)40(66)55-32(22-61)41(67)56-33(23-62)46(72)59-15-7-10-34(59)43(69)54-31(48(74)75)18-25(2)3/h21,24-26,28-36,38,61-62H,6-20,22-23,49H2,1-5H3,(H,50,51)(H,52,68)(H,53,65)(H,54,69)(H,55,66)(H,56,67)(H,57,70)(H,63,64)(H,74,75)/t26-,28-,29-,30-,31-,32-,33-,34-,35-,36-,38-/m0/s1. The summed E-state index contributed by atoms with van der Waals surface area (Å²) in [6.07, 6.45) is 6.28. The predicted molar refractivity (Wildman–Crippen MR) is 272 cm³/mol. The van der Waals surface area contributed by atoms with Crippen molar-refractivity contribution in [1.82, 2.24) is 56.6 Å². The summed E-state index contributed by atoms with van der Waals surface area (Å²) in [5.74, 6) is -10.2. The number of nitrogens with two attached hydrogens (primary N) is 1. The Labute approximate surface area is 444 Å². The van der Waals surface area contributed by atoms with E-state index in [9.17, 15) is 73.2 Å². The van der Waals surface area contributed by atoms with Gasteiger partial charge in [-0.05, 0) is 75.2 Å². The minimum atomic E-state index is -1.88. The van der Waals surface area contributed by atoms with Gasteiger partial charge in [-0.15, -0.1) is 0 Å². The minimum absolute atomic E-state index is 0.00275. The number of aliphatic carboxylic acids is 2. The number of aliphatic hydroxyl groups is 2. The Balaban J connectivity index is 1.44. The molecule has 28 heteroatoms. The number of likely N-dealkylation sites (tertiary alicyclic amines) is 3. The highest BCUT2D eigenvalue weighted by molar-refractivity contribution is 7.98. The van der Waals surface area contributed by atoms with E-state index in [-0.39, 0.29) is 57.7 Å². The molecule has 9 amide bonds. The minimum Gasteiger partial charge on any atom is -0.481 e. The topological polar surface area (TPSA) is 405 Å². The highest BCUT2D eigenvalue weighted by Crippen LogP contribution is 2.25. The Morgan fingerprint density at radius 2 is 1.17 bits per heavy atom. The lowest BCUT2D eigenvalue weighted by molar-refractivity contribution is -0.146. The molecule has 0 saturated carbocycles. The molecule has 4 rings (SSSR count). The Hall–Kier alpha value is -6.39. The number of aliphatic hydroxyl groups excluding tert-OH is 2. The van der Waals surface area contributed by atoms with Crippen LogP contribution in [-0.4, -0.2) is 215 Å². The van der Waals surface area contributed by atoms with E-state index >= 15 is 0 Å². The molecule has 76 heavy (non-hydrogen) atoms. The van der Waals surface area contributed by atoms with E-state index in [1.54, 1.807) is 33.9 Å². The number of aromatic amines is 1. The molecule has 0 spiro atoms. The second kappa shape index (κ2) is 29.8. The summed E-state index contributed by atoms with van der Waals surface area (Å²) < 4.78 is 0. The zero-order valence-electron chi connectivity index (χ0n) is 43.7. The number of hydrogen-bond donors (Lipinski definition) is 12. The molecular weight excluding hydrogens is 1020 g/mol. The molecular formula is C48H76N12O15S. The van der Waals surface area contributed by atoms with Gasteiger partial charge in [0.2, 0.25) is 53.2 Å². The first-order valence-electron chi connectivity index (χ1n) is 25.7. The molecule has 0 radical (unpaired) electrons. The number of H-pyrrole nitrogens is 1. The van der Waals surface area contributed by atoms with Crippen LogP contribution in [0.3, 0.4) is 0 Å². The SMILES string of the molecule is CC[C@H](C)[C@H](NC(=O)[C@@H]1CCCN1C(=O)[C@H](Cc1c[nH]cn1)NC(=O)[C@@H](N)CCSC)C(=O)N1CCC[C@H]1C(=O)N[C@@H](CC(=O)O)C(=O)N[C@@H](CO)C(=O)N[C@@H](CO)C(=O)N1CCC[C@H]1C(=O)N[C@@H](CC(C)C)C(=O)O. The molecule has 11 atom stereocenters. The van der Waals surface area contributed by atoms with E-state index in [4.69, 9.17) is 5.73 Å². The van der Waals surface area contributed by atoms with Gasteiger partial charge in [0.25, 0.3) is 0 Å². The number of amides is 9. The number of carbonyl (C=O) groups excluding carboxylic acids is 9. The first kappa shape index (κ1) is 62.2. The molecule has 3 aliphatic rings. The molecule has 0 aliphatic carbocycles. The number of carbonyl (C=O) groups is 11. The molecule has 1 aromatic rings. The number of carboxylic acid groups (broad SMARTS) is 2. The maximum atomic E-state index is 14.5. The molecule has 3 aliphatic heterocycles. The summed E-state index contributed by atoms with van der Waals surface area (Å²) in [6.45, 7) is 5.19. The molecule has 1 aromatic heterocycles. The number of rotatable bonds is 29. The van der Waals surface area contributed by atoms with Gasteiger partial charge < -0.3 is 77.7 Å². The largest absolute Gasteiger partial charge is 0.481 e. The average Bonchev–Trinajstić information content (AvgIpc) is 4.25. The van der Waals surface area contributed by atoms with Crippen LogP contribution in [0.25, 0.3) is 0 Å². The first-order chi connectivity index (χ1) is 36.1. The first-order valence-corrected chi connectivity index (χ1v) is 27.1. The van der Waals surface area contributed by atoms with Crippen molar-refractivity contribution in [3.05, 3.63) is 18.2 Å². The highest BCUT2D eigenvalue weighted by Gasteiger charge is 2.45.